The normalized spacial score (nSPS) is 16.4. The largest absolute Gasteiger partial charge is 0.361 e. The zero-order chi connectivity index (χ0) is 31.1. The van der Waals surface area contributed by atoms with Crippen LogP contribution < -0.4 is 10.3 Å². The number of amides is 2. The molecule has 1 atom stereocenters. The SMILES string of the molecule is Cc1cc(Cl)cc(C(=O)N(C)C2CC2)c1NC(=O)C1CC(OS(=O)(=O)c2cccc([N+](=O)[O-])c2)=NN1c1ncccc1Cl. The van der Waals surface area contributed by atoms with Crippen LogP contribution in [0.15, 0.2) is 64.7 Å². The predicted molar refractivity (Wildman–Crippen MR) is 159 cm³/mol. The lowest BCUT2D eigenvalue weighted by Gasteiger charge is -2.24. The Morgan fingerprint density at radius 3 is 2.58 bits per heavy atom. The minimum atomic E-state index is -4.58. The monoisotopic (exact) mass is 646 g/mol. The van der Waals surface area contributed by atoms with E-state index in [0.717, 1.165) is 36.0 Å². The molecule has 2 aromatic carbocycles. The Kier molecular flexibility index (Phi) is 8.27. The van der Waals surface area contributed by atoms with E-state index in [1.165, 1.54) is 24.4 Å². The first kappa shape index (κ1) is 30.2. The zero-order valence-corrected chi connectivity index (χ0v) is 25.1. The molecule has 224 valence electrons. The van der Waals surface area contributed by atoms with Crippen molar-refractivity contribution in [1.82, 2.24) is 9.88 Å². The maximum Gasteiger partial charge on any atom is 0.340 e. The van der Waals surface area contributed by atoms with Crippen molar-refractivity contribution < 1.29 is 27.1 Å². The molecule has 1 aromatic heterocycles. The Bertz CT molecular complexity index is 1780. The standard InChI is InChI=1S/C27H24Cl2N6O7S/c1-15-11-16(28)12-20(27(37)33(2)17-8-9-17)24(15)31-26(36)22-14-23(32-34(22)25-21(29)7-4-10-30-25)42-43(40,41)19-6-3-5-18(13-19)35(38)39/h3-7,10-13,17,22H,8-9,14H2,1-2H3,(H,31,36). The van der Waals surface area contributed by atoms with Gasteiger partial charge in [-0.15, -0.1) is 5.10 Å². The molecular weight excluding hydrogens is 623 g/mol. The number of nitro benzene ring substituents is 1. The Balaban J connectivity index is 1.46. The third-order valence-corrected chi connectivity index (χ3v) is 8.61. The van der Waals surface area contributed by atoms with Crippen LogP contribution in [0.4, 0.5) is 17.2 Å². The van der Waals surface area contributed by atoms with Crippen molar-refractivity contribution in [2.24, 2.45) is 5.10 Å². The summed E-state index contributed by atoms with van der Waals surface area (Å²) in [6.45, 7) is 1.69. The van der Waals surface area contributed by atoms with Crippen molar-refractivity contribution in [3.8, 4) is 0 Å². The molecule has 43 heavy (non-hydrogen) atoms. The van der Waals surface area contributed by atoms with Gasteiger partial charge in [0.2, 0.25) is 11.8 Å². The number of benzene rings is 2. The van der Waals surface area contributed by atoms with E-state index in [1.807, 2.05) is 0 Å². The van der Waals surface area contributed by atoms with Crippen LogP contribution in [-0.4, -0.2) is 60.1 Å². The molecule has 1 aliphatic heterocycles. The van der Waals surface area contributed by atoms with Crippen LogP contribution in [0.2, 0.25) is 10.0 Å². The van der Waals surface area contributed by atoms with Gasteiger partial charge in [-0.1, -0.05) is 29.3 Å². The lowest BCUT2D eigenvalue weighted by Crippen LogP contribution is -2.40. The van der Waals surface area contributed by atoms with E-state index in [4.69, 9.17) is 27.4 Å². The average Bonchev–Trinajstić information content (AvgIpc) is 3.73. The van der Waals surface area contributed by atoms with E-state index in [2.05, 4.69) is 15.4 Å². The molecule has 0 bridgehead atoms. The van der Waals surface area contributed by atoms with Crippen molar-refractivity contribution in [3.63, 3.8) is 0 Å². The van der Waals surface area contributed by atoms with Gasteiger partial charge in [-0.05, 0) is 55.7 Å². The number of nitrogens with one attached hydrogen (secondary N) is 1. The maximum atomic E-state index is 13.8. The van der Waals surface area contributed by atoms with Gasteiger partial charge in [0.05, 0.1) is 27.6 Å². The molecule has 1 saturated carbocycles. The summed E-state index contributed by atoms with van der Waals surface area (Å²) in [7, 11) is -2.89. The second-order valence-corrected chi connectivity index (χ2v) is 12.3. The fourth-order valence-corrected chi connectivity index (χ4v) is 5.95. The molecule has 3 aromatic rings. The molecule has 0 saturated heterocycles. The molecule has 1 N–H and O–H groups in total. The Morgan fingerprint density at radius 1 is 1.16 bits per heavy atom. The third kappa shape index (κ3) is 6.40. The second kappa shape index (κ2) is 11.8. The number of hydrogen-bond acceptors (Lipinski definition) is 10. The first-order chi connectivity index (χ1) is 20.4. The predicted octanol–water partition coefficient (Wildman–Crippen LogP) is 4.78. The number of nitro groups is 1. The summed E-state index contributed by atoms with van der Waals surface area (Å²) in [5, 5.41) is 19.7. The topological polar surface area (TPSA) is 164 Å². The molecule has 1 aliphatic carbocycles. The van der Waals surface area contributed by atoms with E-state index in [-0.39, 0.29) is 46.4 Å². The van der Waals surface area contributed by atoms with Gasteiger partial charge >= 0.3 is 10.1 Å². The quantitative estimate of drug-likeness (QED) is 0.206. The molecule has 1 unspecified atom stereocenters. The van der Waals surface area contributed by atoms with Crippen molar-refractivity contribution in [3.05, 3.63) is 86.0 Å². The van der Waals surface area contributed by atoms with Crippen molar-refractivity contribution in [2.75, 3.05) is 17.4 Å². The van der Waals surface area contributed by atoms with Gasteiger partial charge in [-0.25, -0.2) is 9.99 Å². The van der Waals surface area contributed by atoms with E-state index in [9.17, 15) is 28.1 Å². The number of aryl methyl sites for hydroxylation is 1. The summed E-state index contributed by atoms with van der Waals surface area (Å²) >= 11 is 12.6. The highest BCUT2D eigenvalue weighted by atomic mass is 35.5. The summed E-state index contributed by atoms with van der Waals surface area (Å²) in [6, 6.07) is 9.38. The summed E-state index contributed by atoms with van der Waals surface area (Å²) in [5.41, 5.74) is 0.504. The fraction of sp³-hybridized carbons (Fsp3) is 0.259. The highest BCUT2D eigenvalue weighted by Gasteiger charge is 2.39. The number of aromatic nitrogens is 1. The van der Waals surface area contributed by atoms with Gasteiger partial charge in [-0.3, -0.25) is 19.7 Å². The van der Waals surface area contributed by atoms with Gasteiger partial charge in [0, 0.05) is 36.4 Å². The first-order valence-corrected chi connectivity index (χ1v) is 15.1. The second-order valence-electron chi connectivity index (χ2n) is 9.94. The highest BCUT2D eigenvalue weighted by Crippen LogP contribution is 2.34. The molecule has 0 radical (unpaired) electrons. The summed E-state index contributed by atoms with van der Waals surface area (Å²) in [6.07, 6.45) is 2.83. The van der Waals surface area contributed by atoms with Crippen LogP contribution in [0.3, 0.4) is 0 Å². The molecule has 5 rings (SSSR count). The minimum Gasteiger partial charge on any atom is -0.361 e. The van der Waals surface area contributed by atoms with Gasteiger partial charge in [0.25, 0.3) is 11.6 Å². The molecule has 1 fully saturated rings. The van der Waals surface area contributed by atoms with Crippen LogP contribution >= 0.6 is 23.2 Å². The molecule has 16 heteroatoms. The summed E-state index contributed by atoms with van der Waals surface area (Å²) in [5.74, 6) is -1.31. The van der Waals surface area contributed by atoms with Crippen LogP contribution in [0.25, 0.3) is 0 Å². The van der Waals surface area contributed by atoms with Crippen molar-refractivity contribution in [1.29, 1.82) is 0 Å². The van der Waals surface area contributed by atoms with Crippen LogP contribution in [0.1, 0.15) is 35.2 Å². The number of pyridine rings is 1. The molecule has 13 nitrogen and oxygen atoms in total. The highest BCUT2D eigenvalue weighted by molar-refractivity contribution is 7.87. The van der Waals surface area contributed by atoms with Crippen LogP contribution in [0, 0.1) is 17.0 Å². The number of halogens is 2. The molecule has 0 spiro atoms. The maximum absolute atomic E-state index is 13.8. The number of hydrazone groups is 1. The van der Waals surface area contributed by atoms with Gasteiger partial charge in [0.1, 0.15) is 10.9 Å². The lowest BCUT2D eigenvalue weighted by atomic mass is 10.1. The summed E-state index contributed by atoms with van der Waals surface area (Å²) < 4.78 is 31.3. The Morgan fingerprint density at radius 2 is 1.91 bits per heavy atom. The number of hydrogen-bond donors (Lipinski definition) is 1. The van der Waals surface area contributed by atoms with Crippen molar-refractivity contribution in [2.45, 2.75) is 43.2 Å². The van der Waals surface area contributed by atoms with Crippen LogP contribution in [0.5, 0.6) is 0 Å². The van der Waals surface area contributed by atoms with E-state index in [0.29, 0.717) is 10.6 Å². The van der Waals surface area contributed by atoms with E-state index < -0.39 is 37.6 Å². The third-order valence-electron chi connectivity index (χ3n) is 6.86. The number of carbonyl (C=O) groups excluding carboxylic acids is 2. The van der Waals surface area contributed by atoms with Gasteiger partial charge in [-0.2, -0.15) is 8.42 Å². The number of anilines is 2. The van der Waals surface area contributed by atoms with E-state index in [1.54, 1.807) is 31.0 Å². The Labute approximate surface area is 256 Å². The number of carbonyl (C=O) groups is 2. The number of nitrogens with zero attached hydrogens (tertiary/aromatic N) is 5. The Hall–Kier alpha value is -4.27. The fourth-order valence-electron chi connectivity index (χ4n) is 4.51. The average molecular weight is 647 g/mol. The summed E-state index contributed by atoms with van der Waals surface area (Å²) in [4.78, 5) is 42.9. The molecule has 2 aliphatic rings. The number of rotatable bonds is 8. The minimum absolute atomic E-state index is 0.0493. The number of non-ortho nitro benzene ring substituents is 1. The zero-order valence-electron chi connectivity index (χ0n) is 22.7. The first-order valence-electron chi connectivity index (χ1n) is 12.9. The van der Waals surface area contributed by atoms with Gasteiger partial charge in [0.15, 0.2) is 5.82 Å². The molecule has 2 heterocycles. The molecular formula is C27H24Cl2N6O7S. The lowest BCUT2D eigenvalue weighted by molar-refractivity contribution is -0.385. The van der Waals surface area contributed by atoms with Crippen molar-refractivity contribution >= 4 is 68.2 Å². The van der Waals surface area contributed by atoms with Crippen LogP contribution in [-0.2, 0) is 19.1 Å². The smallest absolute Gasteiger partial charge is 0.340 e. The van der Waals surface area contributed by atoms with E-state index >= 15 is 0 Å². The van der Waals surface area contributed by atoms with Gasteiger partial charge < -0.3 is 14.4 Å². The molecule has 2 amide bonds.